The third kappa shape index (κ3) is 5.53. The first-order chi connectivity index (χ1) is 21.4. The maximum Gasteiger partial charge on any atom is 0.386 e. The van der Waals surface area contributed by atoms with Crippen molar-refractivity contribution >= 4 is 53.1 Å². The van der Waals surface area contributed by atoms with Crippen LogP contribution in [0.1, 0.15) is 31.7 Å². The van der Waals surface area contributed by atoms with Crippen LogP contribution >= 0.6 is 19.0 Å². The molecule has 2 aliphatic rings. The van der Waals surface area contributed by atoms with Gasteiger partial charge in [-0.05, 0) is 0 Å². The highest BCUT2D eigenvalue weighted by molar-refractivity contribution is 8.44. The maximum atomic E-state index is 14.1. The number of hydrogen-bond donors (Lipinski definition) is 6. The maximum absolute atomic E-state index is 14.1. The lowest BCUT2D eigenvalue weighted by Crippen LogP contribution is -2.39. The molecule has 1 unspecified atom stereocenters. The van der Waals surface area contributed by atoms with Gasteiger partial charge >= 0.3 is 6.80 Å². The number of aliphatic hydroxyl groups excluding tert-OH is 2. The number of halogens is 1. The number of nitrogens with zero attached hydrogens (tertiary/aromatic N) is 8. The Morgan fingerprint density at radius 1 is 1.29 bits per heavy atom. The van der Waals surface area contributed by atoms with Crippen molar-refractivity contribution < 1.29 is 37.7 Å². The van der Waals surface area contributed by atoms with Crippen molar-refractivity contribution in [3.63, 3.8) is 0 Å². The molecule has 7 atom stereocenters. The third-order valence-electron chi connectivity index (χ3n) is 7.64. The molecule has 7 N–H and O–H groups in total. The number of hydrogen-bond acceptors (Lipinski definition) is 16. The predicted octanol–water partition coefficient (Wildman–Crippen LogP) is -0.380. The van der Waals surface area contributed by atoms with E-state index in [4.69, 9.17) is 36.4 Å². The van der Waals surface area contributed by atoms with Gasteiger partial charge in [-0.15, -0.1) is 11.5 Å². The number of aromatic nitrogens is 9. The zero-order valence-electron chi connectivity index (χ0n) is 23.1. The van der Waals surface area contributed by atoms with Gasteiger partial charge in [-0.3, -0.25) is 18.9 Å². The highest BCUT2D eigenvalue weighted by atomic mass is 32.7. The van der Waals surface area contributed by atoms with Gasteiger partial charge in [0.15, 0.2) is 34.5 Å². The van der Waals surface area contributed by atoms with Gasteiger partial charge in [0.25, 0.3) is 5.56 Å². The van der Waals surface area contributed by atoms with Crippen LogP contribution in [0.15, 0.2) is 17.4 Å². The summed E-state index contributed by atoms with van der Waals surface area (Å²) in [6, 6.07) is 0. The molecule has 0 radical (unpaired) electrons. The summed E-state index contributed by atoms with van der Waals surface area (Å²) in [7, 11) is 0. The quantitative estimate of drug-likeness (QED) is 0.0715. The van der Waals surface area contributed by atoms with E-state index in [-0.39, 0.29) is 48.8 Å². The molecule has 6 rings (SSSR count). The van der Waals surface area contributed by atoms with Gasteiger partial charge in [-0.1, -0.05) is 23.4 Å². The minimum atomic E-state index is -4.27. The van der Waals surface area contributed by atoms with Crippen LogP contribution in [0.3, 0.4) is 0 Å². The second-order valence-corrected chi connectivity index (χ2v) is 13.4. The largest absolute Gasteiger partial charge is 0.393 e. The molecule has 2 saturated heterocycles. The van der Waals surface area contributed by atoms with Crippen LogP contribution in [-0.4, -0.2) is 98.0 Å². The number of nitrogens with two attached hydrogens (primary N) is 2. The molecule has 0 bridgehead atoms. The molecule has 2 aliphatic heterocycles. The fraction of sp³-hybridized carbons (Fsp3) is 0.522. The molecule has 240 valence electrons. The number of H-pyrrole nitrogens is 1. The second-order valence-electron chi connectivity index (χ2n) is 10.5. The summed E-state index contributed by atoms with van der Waals surface area (Å²) in [6.07, 6.45) is 3.49. The minimum absolute atomic E-state index is 0.0649. The number of rotatable bonds is 10. The zero-order valence-corrected chi connectivity index (χ0v) is 24.9. The Bertz CT molecular complexity index is 1900. The lowest BCUT2D eigenvalue weighted by atomic mass is 9.94. The Balaban J connectivity index is 1.17. The summed E-state index contributed by atoms with van der Waals surface area (Å²) >= 11 is 4.06. The molecule has 19 nitrogen and oxygen atoms in total. The van der Waals surface area contributed by atoms with Crippen molar-refractivity contribution in [3.8, 4) is 12.3 Å². The Hall–Kier alpha value is -3.74. The molecule has 45 heavy (non-hydrogen) atoms. The van der Waals surface area contributed by atoms with Crippen LogP contribution in [0.2, 0.25) is 0 Å². The first-order valence-electron chi connectivity index (χ1n) is 13.3. The fourth-order valence-corrected chi connectivity index (χ4v) is 6.86. The molecular formula is C23H27FN11O8PS. The van der Waals surface area contributed by atoms with Gasteiger partial charge in [-0.2, -0.15) is 9.67 Å². The summed E-state index contributed by atoms with van der Waals surface area (Å²) in [6.45, 7) is -6.55. The smallest absolute Gasteiger partial charge is 0.386 e. The number of nitrogens with one attached hydrogen (secondary N) is 1. The summed E-state index contributed by atoms with van der Waals surface area (Å²) in [5, 5.41) is 28.4. The van der Waals surface area contributed by atoms with Crippen molar-refractivity contribution in [1.82, 2.24) is 44.5 Å². The van der Waals surface area contributed by atoms with E-state index in [1.54, 1.807) is 4.57 Å². The molecule has 0 amide bonds. The summed E-state index contributed by atoms with van der Waals surface area (Å²) in [4.78, 5) is 30.8. The summed E-state index contributed by atoms with van der Waals surface area (Å²) < 4.78 is 53.0. The van der Waals surface area contributed by atoms with E-state index in [0.717, 1.165) is 4.68 Å². The highest BCUT2D eigenvalue weighted by Crippen LogP contribution is 2.58. The molecule has 22 heteroatoms. The van der Waals surface area contributed by atoms with Crippen LogP contribution in [0, 0.1) is 12.3 Å². The topological polar surface area (TPSA) is 267 Å². The number of aromatic amines is 1. The van der Waals surface area contributed by atoms with Crippen molar-refractivity contribution in [3.05, 3.63) is 23.0 Å². The van der Waals surface area contributed by atoms with E-state index in [2.05, 4.69) is 53.4 Å². The van der Waals surface area contributed by atoms with E-state index < -0.39 is 61.5 Å². The van der Waals surface area contributed by atoms with Crippen LogP contribution in [-0.2, 0) is 23.1 Å². The monoisotopic (exact) mass is 667 g/mol. The van der Waals surface area contributed by atoms with Crippen LogP contribution in [0.5, 0.6) is 0 Å². The molecule has 0 spiro atoms. The average molecular weight is 668 g/mol. The van der Waals surface area contributed by atoms with Gasteiger partial charge in [0, 0.05) is 19.3 Å². The molecular weight excluding hydrogens is 640 g/mol. The number of nitrogen functional groups attached to an aromatic ring is 2. The first kappa shape index (κ1) is 31.3. The highest BCUT2D eigenvalue weighted by Gasteiger charge is 2.52. The van der Waals surface area contributed by atoms with Crippen molar-refractivity contribution in [2.75, 3.05) is 31.4 Å². The molecule has 0 aliphatic carbocycles. The van der Waals surface area contributed by atoms with Crippen molar-refractivity contribution in [2.24, 2.45) is 0 Å². The second kappa shape index (κ2) is 11.6. The lowest BCUT2D eigenvalue weighted by Gasteiger charge is -2.27. The lowest BCUT2D eigenvalue weighted by molar-refractivity contribution is -0.119. The Kier molecular flexibility index (Phi) is 8.03. The number of imidazole rings is 1. The van der Waals surface area contributed by atoms with Crippen molar-refractivity contribution in [1.29, 1.82) is 0 Å². The van der Waals surface area contributed by atoms with Gasteiger partial charge in [0.2, 0.25) is 5.95 Å². The van der Waals surface area contributed by atoms with E-state index >= 15 is 0 Å². The normalized spacial score (nSPS) is 29.8. The van der Waals surface area contributed by atoms with E-state index in [1.165, 1.54) is 12.7 Å². The van der Waals surface area contributed by atoms with E-state index in [9.17, 15) is 24.0 Å². The molecule has 6 heterocycles. The number of anilines is 2. The zero-order chi connectivity index (χ0) is 32.1. The Labute approximate surface area is 257 Å². The Morgan fingerprint density at radius 2 is 2.09 bits per heavy atom. The Morgan fingerprint density at radius 3 is 2.82 bits per heavy atom. The molecule has 0 aromatic carbocycles. The fourth-order valence-electron chi connectivity index (χ4n) is 5.35. The first-order valence-corrected chi connectivity index (χ1v) is 16.0. The van der Waals surface area contributed by atoms with Gasteiger partial charge in [0.1, 0.15) is 36.5 Å². The van der Waals surface area contributed by atoms with Crippen LogP contribution in [0.25, 0.3) is 22.3 Å². The standard InChI is InChI=1S/C23H27FN11O8PS/c1-2-23(12(37)5-13(41-23)34-10-29-14-16(25)27-9-28-17(14)34)3-4-40-44(39,45)43-11-6-22(7-24,8-36)42-20(11)35-18-15(32-33-35)19(38)31-21(26)30-18/h1,9-13,20,36-37H,3-8H2,(H,39,45)(H2,25,27,28)(H3,26,30,31,38)/t11-,12+,13-,20-,22-,23-,44?/m1/s1. The van der Waals surface area contributed by atoms with E-state index in [1.807, 2.05) is 0 Å². The number of fused-ring (bicyclic) bond motifs is 2. The van der Waals surface area contributed by atoms with Gasteiger partial charge < -0.3 is 35.7 Å². The van der Waals surface area contributed by atoms with Crippen molar-refractivity contribution in [2.45, 2.75) is 55.1 Å². The third-order valence-corrected chi connectivity index (χ3v) is 9.31. The number of aliphatic hydroxyl groups is 2. The average Bonchev–Trinajstić information content (AvgIpc) is 3.77. The van der Waals surface area contributed by atoms with Gasteiger partial charge in [-0.25, -0.2) is 23.9 Å². The molecule has 4 aromatic rings. The van der Waals surface area contributed by atoms with E-state index in [0.29, 0.717) is 11.2 Å². The number of alkyl halides is 1. The van der Waals surface area contributed by atoms with Crippen LogP contribution in [0.4, 0.5) is 16.2 Å². The summed E-state index contributed by atoms with van der Waals surface area (Å²) in [5.74, 6) is 2.38. The SMILES string of the molecule is C#C[C@]1(CCOP(=O)(S)O[C@@H]2C[C@](CO)(CF)O[C@H]2n2nnc3c(=O)[nH]c(N)nc32)O[C@@H](n2cnc3c(N)ncnc32)C[C@@H]1O. The number of ether oxygens (including phenoxy) is 2. The molecule has 2 fully saturated rings. The molecule has 0 saturated carbocycles. The number of thiol groups is 1. The predicted molar refractivity (Wildman–Crippen MR) is 155 cm³/mol. The minimum Gasteiger partial charge on any atom is -0.393 e. The summed E-state index contributed by atoms with van der Waals surface area (Å²) in [5.41, 5.74) is 7.88. The number of terminal acetylenes is 1. The van der Waals surface area contributed by atoms with Crippen LogP contribution < -0.4 is 17.0 Å². The van der Waals surface area contributed by atoms with Gasteiger partial charge in [0.05, 0.1) is 25.6 Å². The molecule has 4 aromatic heterocycles.